The lowest BCUT2D eigenvalue weighted by Crippen LogP contribution is -2.58. The van der Waals surface area contributed by atoms with Crippen LogP contribution in [0.3, 0.4) is 0 Å². The lowest BCUT2D eigenvalue weighted by Gasteiger charge is -2.52. The molecule has 22 heavy (non-hydrogen) atoms. The van der Waals surface area contributed by atoms with E-state index >= 15 is 0 Å². The minimum Gasteiger partial charge on any atom is -0.469 e. The third kappa shape index (κ3) is 2.00. The Balaban J connectivity index is 1.67. The fraction of sp³-hybridized carbons (Fsp3) is 0.438. The molecule has 0 N–H and O–H groups in total. The molecule has 2 unspecified atom stereocenters. The predicted octanol–water partition coefficient (Wildman–Crippen LogP) is 2.64. The molecule has 2 atom stereocenters. The second-order valence-corrected chi connectivity index (χ2v) is 6.90. The van der Waals surface area contributed by atoms with E-state index in [0.717, 1.165) is 40.7 Å². The molecule has 5 nitrogen and oxygen atoms in total. The normalized spacial score (nSPS) is 26.6. The number of aromatic nitrogens is 2. The zero-order valence-electron chi connectivity index (χ0n) is 12.2. The van der Waals surface area contributed by atoms with E-state index in [-0.39, 0.29) is 11.9 Å². The summed E-state index contributed by atoms with van der Waals surface area (Å²) in [4.78, 5) is 23.0. The van der Waals surface area contributed by atoms with Gasteiger partial charge in [-0.2, -0.15) is 0 Å². The van der Waals surface area contributed by atoms with Crippen molar-refractivity contribution in [3.8, 4) is 0 Å². The lowest BCUT2D eigenvalue weighted by molar-refractivity contribution is -0.157. The Morgan fingerprint density at radius 1 is 1.32 bits per heavy atom. The molecule has 2 aliphatic heterocycles. The molecule has 2 bridgehead atoms. The van der Waals surface area contributed by atoms with E-state index < -0.39 is 0 Å². The van der Waals surface area contributed by atoms with E-state index in [1.165, 1.54) is 7.11 Å². The Hall–Kier alpha value is -1.69. The van der Waals surface area contributed by atoms with Crippen LogP contribution in [-0.2, 0) is 9.53 Å². The van der Waals surface area contributed by atoms with Crippen molar-refractivity contribution in [3.05, 3.63) is 29.0 Å². The Kier molecular flexibility index (Phi) is 3.29. The molecule has 2 aromatic rings. The van der Waals surface area contributed by atoms with Gasteiger partial charge in [-0.15, -0.1) is 0 Å². The molecule has 1 aliphatic carbocycles. The van der Waals surface area contributed by atoms with Gasteiger partial charge in [0.1, 0.15) is 12.1 Å². The molecule has 0 spiro atoms. The number of piperidine rings is 2. The van der Waals surface area contributed by atoms with Crippen LogP contribution in [0.15, 0.2) is 29.0 Å². The Morgan fingerprint density at radius 2 is 2.09 bits per heavy atom. The van der Waals surface area contributed by atoms with Gasteiger partial charge < -0.3 is 9.64 Å². The van der Waals surface area contributed by atoms with Gasteiger partial charge in [-0.1, -0.05) is 6.07 Å². The highest BCUT2D eigenvalue weighted by Crippen LogP contribution is 2.47. The molecule has 3 fully saturated rings. The first-order valence-electron chi connectivity index (χ1n) is 7.41. The predicted molar refractivity (Wildman–Crippen MR) is 86.6 cm³/mol. The molecule has 2 saturated heterocycles. The lowest BCUT2D eigenvalue weighted by atomic mass is 9.61. The molecule has 0 radical (unpaired) electrons. The number of halogens is 1. The number of benzene rings is 1. The Labute approximate surface area is 136 Å². The molecule has 114 valence electrons. The van der Waals surface area contributed by atoms with Gasteiger partial charge >= 0.3 is 5.97 Å². The third-order valence-corrected chi connectivity index (χ3v) is 5.56. The van der Waals surface area contributed by atoms with Crippen LogP contribution in [0.4, 0.5) is 5.82 Å². The monoisotopic (exact) mass is 361 g/mol. The quantitative estimate of drug-likeness (QED) is 0.769. The number of anilines is 1. The van der Waals surface area contributed by atoms with Crippen molar-refractivity contribution in [2.75, 3.05) is 25.1 Å². The summed E-state index contributed by atoms with van der Waals surface area (Å²) in [5.74, 6) is 1.71. The minimum absolute atomic E-state index is 0.0605. The van der Waals surface area contributed by atoms with Gasteiger partial charge in [-0.3, -0.25) is 4.79 Å². The summed E-state index contributed by atoms with van der Waals surface area (Å²) in [5, 5.41) is 1.04. The molecule has 6 heteroatoms. The minimum atomic E-state index is -0.0605. The van der Waals surface area contributed by atoms with Crippen LogP contribution in [0.2, 0.25) is 0 Å². The fourth-order valence-electron chi connectivity index (χ4n) is 3.87. The maximum absolute atomic E-state index is 11.8. The third-order valence-electron chi connectivity index (χ3n) is 4.90. The number of esters is 1. The largest absolute Gasteiger partial charge is 0.469 e. The van der Waals surface area contributed by atoms with Crippen molar-refractivity contribution in [3.63, 3.8) is 0 Å². The summed E-state index contributed by atoms with van der Waals surface area (Å²) in [6.07, 6.45) is 2.72. The molecule has 1 saturated carbocycles. The van der Waals surface area contributed by atoms with Gasteiger partial charge in [-0.05, 0) is 46.3 Å². The van der Waals surface area contributed by atoms with Crippen molar-refractivity contribution < 1.29 is 9.53 Å². The second-order valence-electron chi connectivity index (χ2n) is 6.04. The second kappa shape index (κ2) is 5.19. The van der Waals surface area contributed by atoms with Crippen LogP contribution in [-0.4, -0.2) is 36.1 Å². The average Bonchev–Trinajstić information content (AvgIpc) is 2.54. The van der Waals surface area contributed by atoms with Crippen molar-refractivity contribution in [2.24, 2.45) is 17.8 Å². The standard InChI is InChI=1S/C16H16BrN3O2/c1-22-16(21)13-9-5-10(13)7-20(6-9)15-14-11(17)3-2-4-12(14)18-8-19-15/h2-4,8-10,13H,5-7H2,1H3. The zero-order chi connectivity index (χ0) is 15.3. The molecule has 5 rings (SSSR count). The maximum atomic E-state index is 11.8. The van der Waals surface area contributed by atoms with E-state index in [9.17, 15) is 4.79 Å². The summed E-state index contributed by atoms with van der Waals surface area (Å²) in [7, 11) is 1.48. The number of carbonyl (C=O) groups is 1. The van der Waals surface area contributed by atoms with Crippen molar-refractivity contribution in [1.82, 2.24) is 9.97 Å². The highest BCUT2D eigenvalue weighted by Gasteiger charge is 2.51. The Morgan fingerprint density at radius 3 is 2.82 bits per heavy atom. The van der Waals surface area contributed by atoms with E-state index in [1.54, 1.807) is 6.33 Å². The first-order chi connectivity index (χ1) is 10.7. The SMILES string of the molecule is COC(=O)C1C2CC1CN(c1ncnc3cccc(Br)c13)C2. The van der Waals surface area contributed by atoms with Crippen LogP contribution >= 0.6 is 15.9 Å². The first kappa shape index (κ1) is 13.9. The van der Waals surface area contributed by atoms with Gasteiger partial charge in [0.15, 0.2) is 0 Å². The van der Waals surface area contributed by atoms with Gasteiger partial charge in [0.05, 0.1) is 23.9 Å². The van der Waals surface area contributed by atoms with Crippen LogP contribution in [0, 0.1) is 17.8 Å². The number of fused-ring (bicyclic) bond motifs is 3. The highest BCUT2D eigenvalue weighted by molar-refractivity contribution is 9.10. The number of methoxy groups -OCH3 is 1. The van der Waals surface area contributed by atoms with E-state index in [1.807, 2.05) is 18.2 Å². The number of carbonyl (C=O) groups excluding carboxylic acids is 1. The molecule has 1 aromatic heterocycles. The maximum Gasteiger partial charge on any atom is 0.309 e. The molecule has 1 aromatic carbocycles. The summed E-state index contributed by atoms with van der Waals surface area (Å²) in [6.45, 7) is 1.70. The average molecular weight is 362 g/mol. The van der Waals surface area contributed by atoms with Crippen LogP contribution in [0.5, 0.6) is 0 Å². The molecule has 3 aliphatic rings. The van der Waals surface area contributed by atoms with Crippen molar-refractivity contribution >= 4 is 38.6 Å². The van der Waals surface area contributed by atoms with E-state index in [0.29, 0.717) is 11.8 Å². The van der Waals surface area contributed by atoms with Crippen LogP contribution < -0.4 is 4.90 Å². The van der Waals surface area contributed by atoms with E-state index in [4.69, 9.17) is 4.74 Å². The number of ether oxygens (including phenoxy) is 1. The smallest absolute Gasteiger partial charge is 0.309 e. The van der Waals surface area contributed by atoms with E-state index in [2.05, 4.69) is 30.8 Å². The summed E-state index contributed by atoms with van der Waals surface area (Å²) >= 11 is 3.61. The summed E-state index contributed by atoms with van der Waals surface area (Å²) in [6, 6.07) is 5.98. The number of nitrogens with zero attached hydrogens (tertiary/aromatic N) is 3. The highest BCUT2D eigenvalue weighted by atomic mass is 79.9. The summed E-state index contributed by atoms with van der Waals surface area (Å²) < 4.78 is 5.93. The summed E-state index contributed by atoms with van der Waals surface area (Å²) in [5.41, 5.74) is 0.933. The Bertz CT molecular complexity index is 734. The van der Waals surface area contributed by atoms with Gasteiger partial charge in [0, 0.05) is 17.6 Å². The molecule has 0 amide bonds. The zero-order valence-corrected chi connectivity index (χ0v) is 13.8. The van der Waals surface area contributed by atoms with Gasteiger partial charge in [0.2, 0.25) is 0 Å². The van der Waals surface area contributed by atoms with Gasteiger partial charge in [0.25, 0.3) is 0 Å². The molecular weight excluding hydrogens is 346 g/mol. The number of hydrogen-bond donors (Lipinski definition) is 0. The molecular formula is C16H16BrN3O2. The molecule has 3 heterocycles. The fourth-order valence-corrected chi connectivity index (χ4v) is 4.41. The van der Waals surface area contributed by atoms with Crippen molar-refractivity contribution in [2.45, 2.75) is 6.42 Å². The number of rotatable bonds is 2. The van der Waals surface area contributed by atoms with Crippen molar-refractivity contribution in [1.29, 1.82) is 0 Å². The van der Waals surface area contributed by atoms with Crippen LogP contribution in [0.1, 0.15) is 6.42 Å². The topological polar surface area (TPSA) is 55.3 Å². The van der Waals surface area contributed by atoms with Crippen LogP contribution in [0.25, 0.3) is 10.9 Å². The first-order valence-corrected chi connectivity index (χ1v) is 8.20. The van der Waals surface area contributed by atoms with Gasteiger partial charge in [-0.25, -0.2) is 9.97 Å². The number of hydrogen-bond acceptors (Lipinski definition) is 5.